The van der Waals surface area contributed by atoms with Crippen LogP contribution in [0.5, 0.6) is 5.75 Å². The molecule has 0 aromatic heterocycles. The smallest absolute Gasteiger partial charge is 0.120 e. The summed E-state index contributed by atoms with van der Waals surface area (Å²) in [5.74, 6) is 2.70. The average molecular weight is 372 g/mol. The van der Waals surface area contributed by atoms with Crippen LogP contribution in [-0.2, 0) is 0 Å². The number of nitriles is 1. The molecule has 0 heterocycles. The van der Waals surface area contributed by atoms with E-state index in [1.54, 1.807) is 0 Å². The van der Waals surface area contributed by atoms with E-state index >= 15 is 0 Å². The SMILES string of the molecule is CC(CCC(COc1cccc(C#N)c1)C(C)CC(C)(C)C)CC(C)(C)C. The lowest BCUT2D eigenvalue weighted by Gasteiger charge is -2.31. The topological polar surface area (TPSA) is 33.0 Å². The van der Waals surface area contributed by atoms with Crippen molar-refractivity contribution >= 4 is 0 Å². The molecule has 1 aromatic carbocycles. The standard InChI is InChI=1S/C25H41NO/c1-19(15-24(3,4)5)12-13-22(20(2)16-25(6,7)8)18-27-23-11-9-10-21(14-23)17-26/h9-11,14,19-20,22H,12-13,15-16,18H2,1-8H3. The van der Waals surface area contributed by atoms with E-state index in [0.717, 1.165) is 18.3 Å². The number of hydrogen-bond donors (Lipinski definition) is 0. The molecule has 0 aliphatic heterocycles. The molecule has 2 heteroatoms. The van der Waals surface area contributed by atoms with Gasteiger partial charge in [-0.15, -0.1) is 0 Å². The maximum atomic E-state index is 9.09. The van der Waals surface area contributed by atoms with E-state index in [9.17, 15) is 0 Å². The maximum absolute atomic E-state index is 9.09. The number of ether oxygens (including phenoxy) is 1. The fourth-order valence-corrected chi connectivity index (χ4v) is 4.17. The third-order valence-corrected chi connectivity index (χ3v) is 5.16. The maximum Gasteiger partial charge on any atom is 0.120 e. The Bertz CT molecular complexity index is 600. The van der Waals surface area contributed by atoms with Crippen LogP contribution in [0.4, 0.5) is 0 Å². The molecule has 27 heavy (non-hydrogen) atoms. The van der Waals surface area contributed by atoms with Crippen LogP contribution < -0.4 is 4.74 Å². The van der Waals surface area contributed by atoms with Gasteiger partial charge in [0, 0.05) is 0 Å². The molecule has 1 aromatic rings. The Kier molecular flexibility index (Phi) is 8.86. The molecule has 0 aliphatic carbocycles. The lowest BCUT2D eigenvalue weighted by Crippen LogP contribution is -2.25. The van der Waals surface area contributed by atoms with Crippen LogP contribution in [0, 0.1) is 39.9 Å². The van der Waals surface area contributed by atoms with Gasteiger partial charge in [0.2, 0.25) is 0 Å². The van der Waals surface area contributed by atoms with Crippen molar-refractivity contribution in [2.45, 2.75) is 81.1 Å². The number of rotatable bonds is 9. The van der Waals surface area contributed by atoms with Gasteiger partial charge in [-0.3, -0.25) is 0 Å². The summed E-state index contributed by atoms with van der Waals surface area (Å²) in [5, 5.41) is 9.09. The van der Waals surface area contributed by atoms with Gasteiger partial charge in [0.25, 0.3) is 0 Å². The Morgan fingerprint density at radius 3 is 2.15 bits per heavy atom. The summed E-state index contributed by atoms with van der Waals surface area (Å²) in [5.41, 5.74) is 1.38. The Morgan fingerprint density at radius 1 is 0.963 bits per heavy atom. The van der Waals surface area contributed by atoms with Crippen molar-refractivity contribution in [3.05, 3.63) is 29.8 Å². The third kappa shape index (κ3) is 10.4. The van der Waals surface area contributed by atoms with Crippen LogP contribution in [0.3, 0.4) is 0 Å². The minimum absolute atomic E-state index is 0.329. The molecule has 0 amide bonds. The van der Waals surface area contributed by atoms with Gasteiger partial charge in [-0.25, -0.2) is 0 Å². The Balaban J connectivity index is 2.73. The van der Waals surface area contributed by atoms with E-state index in [2.05, 4.69) is 61.5 Å². The number of nitrogens with zero attached hydrogens (tertiary/aromatic N) is 1. The van der Waals surface area contributed by atoms with Crippen LogP contribution in [-0.4, -0.2) is 6.61 Å². The van der Waals surface area contributed by atoms with E-state index in [1.807, 2.05) is 24.3 Å². The van der Waals surface area contributed by atoms with E-state index in [0.29, 0.717) is 28.2 Å². The monoisotopic (exact) mass is 371 g/mol. The largest absolute Gasteiger partial charge is 0.493 e. The lowest BCUT2D eigenvalue weighted by atomic mass is 9.76. The van der Waals surface area contributed by atoms with Crippen molar-refractivity contribution in [1.29, 1.82) is 5.26 Å². The summed E-state index contributed by atoms with van der Waals surface area (Å²) in [6.07, 6.45) is 4.91. The quantitative estimate of drug-likeness (QED) is 0.451. The van der Waals surface area contributed by atoms with Gasteiger partial charge in [0.1, 0.15) is 5.75 Å². The van der Waals surface area contributed by atoms with Crippen LogP contribution >= 0.6 is 0 Å². The summed E-state index contributed by atoms with van der Waals surface area (Å²) in [6, 6.07) is 9.70. The van der Waals surface area contributed by atoms with Gasteiger partial charge in [-0.2, -0.15) is 5.26 Å². The van der Waals surface area contributed by atoms with Gasteiger partial charge >= 0.3 is 0 Å². The summed E-state index contributed by atoms with van der Waals surface area (Å²) in [4.78, 5) is 0. The average Bonchev–Trinajstić information content (AvgIpc) is 2.51. The molecule has 0 spiro atoms. The van der Waals surface area contributed by atoms with Gasteiger partial charge in [0.15, 0.2) is 0 Å². The highest BCUT2D eigenvalue weighted by molar-refractivity contribution is 5.36. The predicted octanol–water partition coefficient (Wildman–Crippen LogP) is 7.48. The van der Waals surface area contributed by atoms with Gasteiger partial charge in [0.05, 0.1) is 18.2 Å². The first-order chi connectivity index (χ1) is 12.4. The minimum atomic E-state index is 0.329. The van der Waals surface area contributed by atoms with Crippen LogP contribution in [0.1, 0.15) is 86.6 Å². The van der Waals surface area contributed by atoms with Crippen LogP contribution in [0.15, 0.2) is 24.3 Å². The minimum Gasteiger partial charge on any atom is -0.493 e. The fraction of sp³-hybridized carbons (Fsp3) is 0.720. The van der Waals surface area contributed by atoms with Crippen molar-refractivity contribution in [3.63, 3.8) is 0 Å². The van der Waals surface area contributed by atoms with Crippen molar-refractivity contribution in [2.24, 2.45) is 28.6 Å². The lowest BCUT2D eigenvalue weighted by molar-refractivity contribution is 0.147. The zero-order valence-electron chi connectivity index (χ0n) is 18.9. The molecular formula is C25H41NO. The molecular weight excluding hydrogens is 330 g/mol. The normalized spacial score (nSPS) is 15.7. The zero-order chi connectivity index (χ0) is 20.7. The molecule has 0 bridgehead atoms. The predicted molar refractivity (Wildman–Crippen MR) is 116 cm³/mol. The Morgan fingerprint density at radius 2 is 1.59 bits per heavy atom. The number of benzene rings is 1. The molecule has 0 N–H and O–H groups in total. The Hall–Kier alpha value is -1.49. The molecule has 0 saturated heterocycles. The third-order valence-electron chi connectivity index (χ3n) is 5.16. The van der Waals surface area contributed by atoms with Gasteiger partial charge in [-0.05, 0) is 66.0 Å². The molecule has 152 valence electrons. The summed E-state index contributed by atoms with van der Waals surface area (Å²) in [6.45, 7) is 19.4. The van der Waals surface area contributed by atoms with Crippen molar-refractivity contribution < 1.29 is 4.74 Å². The molecule has 0 aliphatic rings. The molecule has 2 nitrogen and oxygen atoms in total. The summed E-state index contributed by atoms with van der Waals surface area (Å²) < 4.78 is 6.13. The van der Waals surface area contributed by atoms with Gasteiger partial charge < -0.3 is 4.74 Å². The van der Waals surface area contributed by atoms with Crippen molar-refractivity contribution in [3.8, 4) is 11.8 Å². The first-order valence-electron chi connectivity index (χ1n) is 10.5. The van der Waals surface area contributed by atoms with E-state index in [1.165, 1.54) is 25.7 Å². The molecule has 0 radical (unpaired) electrons. The number of hydrogen-bond acceptors (Lipinski definition) is 2. The van der Waals surface area contributed by atoms with Gasteiger partial charge in [-0.1, -0.05) is 67.9 Å². The fourth-order valence-electron chi connectivity index (χ4n) is 4.17. The highest BCUT2D eigenvalue weighted by Gasteiger charge is 2.25. The van der Waals surface area contributed by atoms with E-state index in [-0.39, 0.29) is 0 Å². The second-order valence-electron chi connectivity index (χ2n) is 10.9. The second kappa shape index (κ2) is 10.2. The van der Waals surface area contributed by atoms with E-state index in [4.69, 9.17) is 10.00 Å². The zero-order valence-corrected chi connectivity index (χ0v) is 18.9. The Labute approximate surface area is 168 Å². The summed E-state index contributed by atoms with van der Waals surface area (Å²) >= 11 is 0. The highest BCUT2D eigenvalue weighted by Crippen LogP contribution is 2.34. The highest BCUT2D eigenvalue weighted by atomic mass is 16.5. The van der Waals surface area contributed by atoms with Crippen molar-refractivity contribution in [2.75, 3.05) is 6.61 Å². The first kappa shape index (κ1) is 23.5. The molecule has 0 fully saturated rings. The van der Waals surface area contributed by atoms with E-state index < -0.39 is 0 Å². The van der Waals surface area contributed by atoms with Crippen molar-refractivity contribution in [1.82, 2.24) is 0 Å². The second-order valence-corrected chi connectivity index (χ2v) is 10.9. The molecule has 0 saturated carbocycles. The summed E-state index contributed by atoms with van der Waals surface area (Å²) in [7, 11) is 0. The van der Waals surface area contributed by atoms with Crippen LogP contribution in [0.25, 0.3) is 0 Å². The molecule has 1 rings (SSSR count). The molecule has 3 atom stereocenters. The first-order valence-corrected chi connectivity index (χ1v) is 10.5. The molecule has 3 unspecified atom stereocenters. The van der Waals surface area contributed by atoms with Crippen LogP contribution in [0.2, 0.25) is 0 Å².